The summed E-state index contributed by atoms with van der Waals surface area (Å²) in [7, 11) is 1.24. The molecule has 0 aliphatic carbocycles. The van der Waals surface area contributed by atoms with Crippen molar-refractivity contribution in [3.8, 4) is 0 Å². The number of halogens is 3. The number of nitrogens with zero attached hydrogens (tertiary/aromatic N) is 2. The molecule has 0 saturated carbocycles. The lowest BCUT2D eigenvalue weighted by Crippen LogP contribution is -2.46. The summed E-state index contributed by atoms with van der Waals surface area (Å²) in [5, 5.41) is 0. The molecule has 6 nitrogen and oxygen atoms in total. The second kappa shape index (κ2) is 7.72. The van der Waals surface area contributed by atoms with Crippen molar-refractivity contribution in [2.45, 2.75) is 25.1 Å². The third-order valence-corrected chi connectivity index (χ3v) is 5.65. The fraction of sp³-hybridized carbons (Fsp3) is 0.318. The summed E-state index contributed by atoms with van der Waals surface area (Å²) in [6.07, 6.45) is -4.39. The van der Waals surface area contributed by atoms with E-state index < -0.39 is 41.5 Å². The van der Waals surface area contributed by atoms with Crippen LogP contribution in [0, 0.1) is 5.92 Å². The maximum absolute atomic E-state index is 13.3. The summed E-state index contributed by atoms with van der Waals surface area (Å²) in [5.74, 6) is -2.23. The van der Waals surface area contributed by atoms with Crippen molar-refractivity contribution in [3.05, 3.63) is 59.7 Å². The molecule has 31 heavy (non-hydrogen) atoms. The lowest BCUT2D eigenvalue weighted by molar-refractivity contribution is -0.143. The van der Waals surface area contributed by atoms with Crippen molar-refractivity contribution in [2.24, 2.45) is 5.92 Å². The molecular formula is C22H19F3N2O4. The van der Waals surface area contributed by atoms with Crippen molar-refractivity contribution in [2.75, 3.05) is 23.5 Å². The van der Waals surface area contributed by atoms with Gasteiger partial charge in [0.1, 0.15) is 6.04 Å². The standard InChI is InChI=1S/C22H19F3N2O4/c1-31-21(30)18-9-13-5-2-3-8-17(13)27(18)20(29)14-10-19(28)26(12-14)16-7-4-6-15(11-16)22(23,24)25/h2-8,11,14,18H,9-10,12H2,1H3. The number of hydrogen-bond acceptors (Lipinski definition) is 4. The molecule has 9 heteroatoms. The molecule has 2 aromatic carbocycles. The summed E-state index contributed by atoms with van der Waals surface area (Å²) in [6.45, 7) is -0.0640. The minimum atomic E-state index is -4.54. The highest BCUT2D eigenvalue weighted by Crippen LogP contribution is 2.37. The van der Waals surface area contributed by atoms with Gasteiger partial charge >= 0.3 is 12.1 Å². The maximum atomic E-state index is 13.3. The van der Waals surface area contributed by atoms with Crippen LogP contribution in [0.5, 0.6) is 0 Å². The second-order valence-corrected chi connectivity index (χ2v) is 7.53. The van der Waals surface area contributed by atoms with E-state index in [1.807, 2.05) is 6.07 Å². The first-order valence-electron chi connectivity index (χ1n) is 9.67. The zero-order chi connectivity index (χ0) is 22.3. The Kier molecular flexibility index (Phi) is 5.20. The highest BCUT2D eigenvalue weighted by Gasteiger charge is 2.45. The Morgan fingerprint density at radius 3 is 2.52 bits per heavy atom. The highest BCUT2D eigenvalue weighted by molar-refractivity contribution is 6.08. The van der Waals surface area contributed by atoms with Crippen LogP contribution in [0.3, 0.4) is 0 Å². The molecule has 2 aliphatic heterocycles. The van der Waals surface area contributed by atoms with Gasteiger partial charge in [-0.15, -0.1) is 0 Å². The topological polar surface area (TPSA) is 66.9 Å². The Hall–Kier alpha value is -3.36. The number of amides is 2. The van der Waals surface area contributed by atoms with Crippen LogP contribution in [0.4, 0.5) is 24.5 Å². The number of benzene rings is 2. The zero-order valence-corrected chi connectivity index (χ0v) is 16.6. The Morgan fingerprint density at radius 2 is 1.81 bits per heavy atom. The number of fused-ring (bicyclic) bond motifs is 1. The summed E-state index contributed by atoms with van der Waals surface area (Å²) in [5.41, 5.74) is 0.603. The predicted octanol–water partition coefficient (Wildman–Crippen LogP) is 3.19. The SMILES string of the molecule is COC(=O)C1Cc2ccccc2N1C(=O)C1CC(=O)N(c2cccc(C(F)(F)F)c2)C1. The third-order valence-electron chi connectivity index (χ3n) is 5.65. The molecule has 2 heterocycles. The molecule has 162 valence electrons. The summed E-state index contributed by atoms with van der Waals surface area (Å²) >= 11 is 0. The molecule has 2 aromatic rings. The summed E-state index contributed by atoms with van der Waals surface area (Å²) < 4.78 is 44.0. The highest BCUT2D eigenvalue weighted by atomic mass is 19.4. The molecule has 0 radical (unpaired) electrons. The number of carbonyl (C=O) groups excluding carboxylic acids is 3. The first-order valence-corrected chi connectivity index (χ1v) is 9.67. The van der Waals surface area contributed by atoms with Crippen molar-refractivity contribution >= 4 is 29.2 Å². The Morgan fingerprint density at radius 1 is 1.06 bits per heavy atom. The van der Waals surface area contributed by atoms with Gasteiger partial charge in [-0.3, -0.25) is 14.5 Å². The minimum Gasteiger partial charge on any atom is -0.467 e. The molecular weight excluding hydrogens is 413 g/mol. The molecule has 2 unspecified atom stereocenters. The van der Waals surface area contributed by atoms with E-state index in [4.69, 9.17) is 4.74 Å². The third kappa shape index (κ3) is 3.75. The maximum Gasteiger partial charge on any atom is 0.416 e. The van der Waals surface area contributed by atoms with E-state index >= 15 is 0 Å². The molecule has 0 spiro atoms. The molecule has 1 fully saturated rings. The Labute approximate surface area is 176 Å². The molecule has 1 saturated heterocycles. The van der Waals surface area contributed by atoms with E-state index in [1.54, 1.807) is 18.2 Å². The number of hydrogen-bond donors (Lipinski definition) is 0. The zero-order valence-electron chi connectivity index (χ0n) is 16.6. The van der Waals surface area contributed by atoms with Gasteiger partial charge in [-0.1, -0.05) is 24.3 Å². The van der Waals surface area contributed by atoms with E-state index in [0.717, 1.165) is 17.7 Å². The lowest BCUT2D eigenvalue weighted by atomic mass is 10.1. The number of esters is 1. The van der Waals surface area contributed by atoms with Gasteiger partial charge in [0.2, 0.25) is 11.8 Å². The molecule has 0 aromatic heterocycles. The fourth-order valence-electron chi connectivity index (χ4n) is 4.15. The van der Waals surface area contributed by atoms with E-state index in [-0.39, 0.29) is 18.7 Å². The van der Waals surface area contributed by atoms with Crippen LogP contribution >= 0.6 is 0 Å². The number of methoxy groups -OCH3 is 1. The molecule has 2 aliphatic rings. The molecule has 0 bridgehead atoms. The Balaban J connectivity index is 1.60. The number of carbonyl (C=O) groups is 3. The van der Waals surface area contributed by atoms with Crippen LogP contribution in [0.15, 0.2) is 48.5 Å². The smallest absolute Gasteiger partial charge is 0.416 e. The molecule has 4 rings (SSSR count). The van der Waals surface area contributed by atoms with Gasteiger partial charge in [-0.05, 0) is 29.8 Å². The molecule has 0 N–H and O–H groups in total. The lowest BCUT2D eigenvalue weighted by Gasteiger charge is -2.26. The number of alkyl halides is 3. The normalized spacial score (nSPS) is 20.7. The Bertz CT molecular complexity index is 1050. The van der Waals surface area contributed by atoms with Crippen molar-refractivity contribution < 1.29 is 32.3 Å². The first kappa shape index (κ1) is 20.9. The number of para-hydroxylation sites is 1. The van der Waals surface area contributed by atoms with Crippen LogP contribution in [-0.4, -0.2) is 37.5 Å². The number of ether oxygens (including phenoxy) is 1. The minimum absolute atomic E-state index is 0.0640. The quantitative estimate of drug-likeness (QED) is 0.699. The van der Waals surface area contributed by atoms with Gasteiger partial charge < -0.3 is 9.64 Å². The van der Waals surface area contributed by atoms with Gasteiger partial charge in [-0.25, -0.2) is 4.79 Å². The largest absolute Gasteiger partial charge is 0.467 e. The predicted molar refractivity (Wildman–Crippen MR) is 105 cm³/mol. The average molecular weight is 432 g/mol. The number of rotatable bonds is 3. The van der Waals surface area contributed by atoms with Crippen LogP contribution < -0.4 is 9.80 Å². The van der Waals surface area contributed by atoms with Crippen molar-refractivity contribution in [3.63, 3.8) is 0 Å². The van der Waals surface area contributed by atoms with Gasteiger partial charge in [0.25, 0.3) is 0 Å². The van der Waals surface area contributed by atoms with E-state index in [1.165, 1.54) is 29.0 Å². The van der Waals surface area contributed by atoms with Crippen LogP contribution in [0.2, 0.25) is 0 Å². The molecule has 2 amide bonds. The van der Waals surface area contributed by atoms with Crippen LogP contribution in [0.1, 0.15) is 17.5 Å². The van der Waals surface area contributed by atoms with E-state index in [0.29, 0.717) is 12.1 Å². The van der Waals surface area contributed by atoms with Gasteiger partial charge in [0.15, 0.2) is 0 Å². The van der Waals surface area contributed by atoms with Gasteiger partial charge in [0.05, 0.1) is 18.6 Å². The first-order chi connectivity index (χ1) is 14.7. The average Bonchev–Trinajstić information content (AvgIpc) is 3.33. The van der Waals surface area contributed by atoms with Gasteiger partial charge in [0, 0.05) is 30.8 Å². The van der Waals surface area contributed by atoms with Crippen molar-refractivity contribution in [1.29, 1.82) is 0 Å². The fourth-order valence-corrected chi connectivity index (χ4v) is 4.15. The van der Waals surface area contributed by atoms with Crippen LogP contribution in [-0.2, 0) is 31.7 Å². The van der Waals surface area contributed by atoms with E-state index in [9.17, 15) is 27.6 Å². The molecule has 2 atom stereocenters. The summed E-state index contributed by atoms with van der Waals surface area (Å²) in [6, 6.07) is 10.7. The summed E-state index contributed by atoms with van der Waals surface area (Å²) in [4.78, 5) is 40.8. The van der Waals surface area contributed by atoms with Gasteiger partial charge in [-0.2, -0.15) is 13.2 Å². The monoisotopic (exact) mass is 432 g/mol. The van der Waals surface area contributed by atoms with Crippen LogP contribution in [0.25, 0.3) is 0 Å². The second-order valence-electron chi connectivity index (χ2n) is 7.53. The van der Waals surface area contributed by atoms with Crippen molar-refractivity contribution in [1.82, 2.24) is 0 Å². The number of anilines is 2. The van der Waals surface area contributed by atoms with E-state index in [2.05, 4.69) is 0 Å².